The molecule has 2 saturated heterocycles. The molecule has 9 heteroatoms. The molecule has 35 heavy (non-hydrogen) atoms. The number of benzene rings is 2. The molecule has 0 bridgehead atoms. The molecule has 0 saturated carbocycles. The van der Waals surface area contributed by atoms with Gasteiger partial charge >= 0.3 is 0 Å². The molecule has 2 aromatic carbocycles. The molecule has 0 radical (unpaired) electrons. The van der Waals surface area contributed by atoms with E-state index in [1.54, 1.807) is 11.0 Å². The average Bonchev–Trinajstić information content (AvgIpc) is 3.40. The van der Waals surface area contributed by atoms with E-state index in [1.807, 2.05) is 6.07 Å². The second-order valence-corrected chi connectivity index (χ2v) is 9.67. The molecule has 4 rings (SSSR count). The molecule has 2 aliphatic rings. The lowest BCUT2D eigenvalue weighted by molar-refractivity contribution is -0.125. The highest BCUT2D eigenvalue weighted by molar-refractivity contribution is 6.33. The Morgan fingerprint density at radius 3 is 2.43 bits per heavy atom. The molecule has 0 spiro atoms. The van der Waals surface area contributed by atoms with E-state index in [2.05, 4.69) is 33.7 Å². The summed E-state index contributed by atoms with van der Waals surface area (Å²) < 4.78 is 14.2. The Morgan fingerprint density at radius 1 is 1.03 bits per heavy atom. The number of fused-ring (bicyclic) bond motifs is 1. The monoisotopic (exact) mass is 500 g/mol. The summed E-state index contributed by atoms with van der Waals surface area (Å²) in [6.07, 6.45) is 1.64. The number of carbonyl (C=O) groups is 3. The number of aryl methyl sites for hydroxylation is 1. The highest BCUT2D eigenvalue weighted by atomic mass is 35.5. The van der Waals surface area contributed by atoms with Crippen molar-refractivity contribution in [2.45, 2.75) is 19.8 Å². The van der Waals surface area contributed by atoms with Crippen LogP contribution < -0.4 is 15.5 Å². The molecule has 0 aromatic heterocycles. The molecule has 0 aliphatic carbocycles. The fourth-order valence-corrected chi connectivity index (χ4v) is 5.17. The molecular formula is C26H30ClFN4O3. The van der Waals surface area contributed by atoms with Crippen LogP contribution in [-0.2, 0) is 16.0 Å². The third-order valence-electron chi connectivity index (χ3n) is 6.69. The summed E-state index contributed by atoms with van der Waals surface area (Å²) in [5.74, 6) is -0.649. The summed E-state index contributed by atoms with van der Waals surface area (Å²) in [5, 5.41) is 5.44. The van der Waals surface area contributed by atoms with E-state index in [4.69, 9.17) is 11.6 Å². The van der Waals surface area contributed by atoms with Crippen molar-refractivity contribution in [3.63, 3.8) is 0 Å². The van der Waals surface area contributed by atoms with Crippen molar-refractivity contribution in [1.82, 2.24) is 15.5 Å². The molecule has 2 fully saturated rings. The summed E-state index contributed by atoms with van der Waals surface area (Å²) in [4.78, 5) is 39.5. The first-order valence-corrected chi connectivity index (χ1v) is 12.3. The van der Waals surface area contributed by atoms with Gasteiger partial charge in [-0.05, 0) is 42.7 Å². The Hall–Kier alpha value is -3.13. The quantitative estimate of drug-likeness (QED) is 0.546. The fraction of sp³-hybridized carbons (Fsp3) is 0.423. The van der Waals surface area contributed by atoms with Crippen molar-refractivity contribution in [3.05, 3.63) is 64.4 Å². The third-order valence-corrected chi connectivity index (χ3v) is 7.00. The second-order valence-electron chi connectivity index (χ2n) is 9.27. The lowest BCUT2D eigenvalue weighted by Crippen LogP contribution is -2.36. The van der Waals surface area contributed by atoms with Crippen LogP contribution in [-0.4, -0.2) is 61.9 Å². The summed E-state index contributed by atoms with van der Waals surface area (Å²) in [7, 11) is 0. The lowest BCUT2D eigenvalue weighted by Gasteiger charge is -2.24. The zero-order valence-corrected chi connectivity index (χ0v) is 20.5. The molecule has 2 atom stereocenters. The first kappa shape index (κ1) is 25.0. The van der Waals surface area contributed by atoms with Gasteiger partial charge in [0.05, 0.1) is 17.1 Å². The molecule has 2 heterocycles. The molecule has 3 amide bonds. The summed E-state index contributed by atoms with van der Waals surface area (Å²) in [5.41, 5.74) is 2.31. The van der Waals surface area contributed by atoms with Crippen LogP contribution in [0.2, 0.25) is 5.02 Å². The Labute approximate surface area is 209 Å². The number of hydrogen-bond acceptors (Lipinski definition) is 4. The number of rotatable bonds is 8. The minimum absolute atomic E-state index is 0.00152. The van der Waals surface area contributed by atoms with Crippen LogP contribution in [0, 0.1) is 17.7 Å². The number of nitrogens with zero attached hydrogens (tertiary/aromatic N) is 2. The maximum atomic E-state index is 14.2. The Balaban J connectivity index is 1.27. The minimum Gasteiger partial charge on any atom is -0.371 e. The topological polar surface area (TPSA) is 81.8 Å². The van der Waals surface area contributed by atoms with E-state index >= 15 is 0 Å². The highest BCUT2D eigenvalue weighted by Gasteiger charge is 2.42. The van der Waals surface area contributed by atoms with E-state index in [0.29, 0.717) is 31.5 Å². The zero-order chi connectivity index (χ0) is 24.9. The van der Waals surface area contributed by atoms with Crippen molar-refractivity contribution in [1.29, 1.82) is 0 Å². The van der Waals surface area contributed by atoms with Gasteiger partial charge < -0.3 is 20.4 Å². The Morgan fingerprint density at radius 2 is 1.74 bits per heavy atom. The first-order valence-electron chi connectivity index (χ1n) is 11.9. The van der Waals surface area contributed by atoms with E-state index in [9.17, 15) is 18.8 Å². The van der Waals surface area contributed by atoms with Gasteiger partial charge in [-0.25, -0.2) is 4.39 Å². The van der Waals surface area contributed by atoms with Gasteiger partial charge in [0.1, 0.15) is 5.82 Å². The highest BCUT2D eigenvalue weighted by Crippen LogP contribution is 2.35. The van der Waals surface area contributed by atoms with Crippen LogP contribution in [0.3, 0.4) is 0 Å². The van der Waals surface area contributed by atoms with Gasteiger partial charge in [-0.2, -0.15) is 0 Å². The van der Waals surface area contributed by atoms with Crippen molar-refractivity contribution in [3.8, 4) is 0 Å². The standard InChI is InChI=1S/C26H30ClFN4O3/c1-17(33)30-12-24(34)29-10-4-6-18-5-2-7-21(11-18)31-13-19-15-32(16-20(19)14-31)26(35)25-22(27)8-3-9-23(25)28/h2-3,5,7-9,11,19-20H,4,6,10,12-16H2,1H3,(H,29,34)(H,30,33). The van der Waals surface area contributed by atoms with Crippen molar-refractivity contribution < 1.29 is 18.8 Å². The SMILES string of the molecule is CC(=O)NCC(=O)NCCCc1cccc(N2CC3CN(C(=O)c4c(F)cccc4Cl)CC3C2)c1. The van der Waals surface area contributed by atoms with Crippen LogP contribution in [0.1, 0.15) is 29.3 Å². The molecule has 186 valence electrons. The largest absolute Gasteiger partial charge is 0.371 e. The zero-order valence-electron chi connectivity index (χ0n) is 19.7. The average molecular weight is 501 g/mol. The van der Waals surface area contributed by atoms with Crippen LogP contribution in [0.25, 0.3) is 0 Å². The second kappa shape index (κ2) is 11.1. The molecule has 2 aromatic rings. The maximum absolute atomic E-state index is 14.2. The smallest absolute Gasteiger partial charge is 0.258 e. The number of likely N-dealkylation sites (tertiary alicyclic amines) is 1. The summed E-state index contributed by atoms with van der Waals surface area (Å²) >= 11 is 6.10. The van der Waals surface area contributed by atoms with Crippen molar-refractivity contribution in [2.24, 2.45) is 11.8 Å². The van der Waals surface area contributed by atoms with Gasteiger partial charge in [-0.3, -0.25) is 14.4 Å². The summed E-state index contributed by atoms with van der Waals surface area (Å²) in [6.45, 7) is 4.82. The number of hydrogen-bond donors (Lipinski definition) is 2. The third kappa shape index (κ3) is 6.11. The number of nitrogens with one attached hydrogen (secondary N) is 2. The van der Waals surface area contributed by atoms with Gasteiger partial charge in [0.2, 0.25) is 11.8 Å². The van der Waals surface area contributed by atoms with E-state index in [1.165, 1.54) is 24.6 Å². The van der Waals surface area contributed by atoms with E-state index in [0.717, 1.165) is 31.6 Å². The number of carbonyl (C=O) groups excluding carboxylic acids is 3. The van der Waals surface area contributed by atoms with Gasteiger partial charge in [-0.15, -0.1) is 0 Å². The summed E-state index contributed by atoms with van der Waals surface area (Å²) in [6, 6.07) is 12.7. The van der Waals surface area contributed by atoms with Gasteiger partial charge in [0, 0.05) is 57.2 Å². The first-order chi connectivity index (χ1) is 16.8. The van der Waals surface area contributed by atoms with Crippen molar-refractivity contribution >= 4 is 35.0 Å². The predicted octanol–water partition coefficient (Wildman–Crippen LogP) is 2.87. The molecule has 2 N–H and O–H groups in total. The van der Waals surface area contributed by atoms with Crippen LogP contribution in [0.15, 0.2) is 42.5 Å². The number of halogens is 2. The fourth-order valence-electron chi connectivity index (χ4n) is 4.93. The normalized spacial score (nSPS) is 18.9. The molecule has 2 unspecified atom stereocenters. The lowest BCUT2D eigenvalue weighted by atomic mass is 10.0. The van der Waals surface area contributed by atoms with Gasteiger partial charge in [0.15, 0.2) is 0 Å². The van der Waals surface area contributed by atoms with Gasteiger partial charge in [-0.1, -0.05) is 29.8 Å². The minimum atomic E-state index is -0.578. The Kier molecular flexibility index (Phi) is 7.90. The molecular weight excluding hydrogens is 471 g/mol. The van der Waals surface area contributed by atoms with Crippen LogP contribution in [0.4, 0.5) is 10.1 Å². The van der Waals surface area contributed by atoms with Crippen LogP contribution >= 0.6 is 11.6 Å². The van der Waals surface area contributed by atoms with Crippen LogP contribution in [0.5, 0.6) is 0 Å². The molecule has 2 aliphatic heterocycles. The number of amides is 3. The van der Waals surface area contributed by atoms with Gasteiger partial charge in [0.25, 0.3) is 5.91 Å². The predicted molar refractivity (Wildman–Crippen MR) is 133 cm³/mol. The van der Waals surface area contributed by atoms with E-state index in [-0.39, 0.29) is 34.9 Å². The van der Waals surface area contributed by atoms with E-state index < -0.39 is 5.82 Å². The molecule has 7 nitrogen and oxygen atoms in total. The number of anilines is 1. The Bertz CT molecular complexity index is 1080. The van der Waals surface area contributed by atoms with Crippen molar-refractivity contribution in [2.75, 3.05) is 44.2 Å². The maximum Gasteiger partial charge on any atom is 0.258 e.